The predicted octanol–water partition coefficient (Wildman–Crippen LogP) is 1.52. The Balaban J connectivity index is 0.000000424. The van der Waals surface area contributed by atoms with Gasteiger partial charge in [-0.2, -0.15) is 0 Å². The smallest absolute Gasteiger partial charge is 0.222 e. The molecule has 0 aliphatic carbocycles. The Kier molecular flexibility index (Phi) is 4.99. The van der Waals surface area contributed by atoms with Gasteiger partial charge in [-0.15, -0.1) is 0 Å². The van der Waals surface area contributed by atoms with Crippen LogP contribution in [0.1, 0.15) is 0 Å². The molecular weight excluding hydrogens is 214 g/mol. The second-order valence-corrected chi connectivity index (χ2v) is 4.42. The molecule has 0 aliphatic heterocycles. The average Bonchev–Trinajstić information content (AvgIpc) is 2.06. The molecule has 1 rings (SSSR count). The zero-order chi connectivity index (χ0) is 10.3. The molecule has 0 saturated carbocycles. The van der Waals surface area contributed by atoms with Gasteiger partial charge in [-0.1, -0.05) is 18.2 Å². The summed E-state index contributed by atoms with van der Waals surface area (Å²) in [5, 5.41) is 5.40. The molecule has 1 aromatic rings. The van der Waals surface area contributed by atoms with Gasteiger partial charge in [0.15, 0.2) is 0 Å². The van der Waals surface area contributed by atoms with Gasteiger partial charge in [-0.25, -0.2) is 18.6 Å². The lowest BCUT2D eigenvalue weighted by Gasteiger charge is -1.91. The molecule has 0 amide bonds. The lowest BCUT2D eigenvalue weighted by Crippen LogP contribution is -1.87. The van der Waals surface area contributed by atoms with E-state index in [-0.39, 0.29) is 4.90 Å². The number of carbonyl (C=O) groups excluding carboxylic acids is 1. The van der Waals surface area contributed by atoms with Crippen molar-refractivity contribution < 1.29 is 13.2 Å². The van der Waals surface area contributed by atoms with Gasteiger partial charge in [-0.3, -0.25) is 0 Å². The van der Waals surface area contributed by atoms with E-state index in [9.17, 15) is 8.42 Å². The van der Waals surface area contributed by atoms with E-state index in [1.807, 2.05) is 0 Å². The molecule has 70 valence electrons. The summed E-state index contributed by atoms with van der Waals surface area (Å²) in [6.07, 6.45) is 0.750. The zero-order valence-corrected chi connectivity index (χ0v) is 7.97. The third-order valence-corrected chi connectivity index (χ3v) is 2.39. The van der Waals surface area contributed by atoms with Gasteiger partial charge >= 0.3 is 0 Å². The molecule has 0 bridgehead atoms. The molecular formula is C7H6ClNO3S. The number of isocyanates is 1. The Hall–Kier alpha value is -1.16. The number of halogens is 1. The summed E-state index contributed by atoms with van der Waals surface area (Å²) in [5.41, 5.74) is 0. The summed E-state index contributed by atoms with van der Waals surface area (Å²) in [6.45, 7) is 0. The van der Waals surface area contributed by atoms with E-state index in [1.54, 1.807) is 18.2 Å². The maximum atomic E-state index is 10.6. The lowest BCUT2D eigenvalue weighted by atomic mass is 10.4. The van der Waals surface area contributed by atoms with E-state index >= 15 is 0 Å². The van der Waals surface area contributed by atoms with Crippen LogP contribution in [0.25, 0.3) is 0 Å². The van der Waals surface area contributed by atoms with E-state index in [4.69, 9.17) is 20.9 Å². The summed E-state index contributed by atoms with van der Waals surface area (Å²) < 4.78 is 21.2. The summed E-state index contributed by atoms with van der Waals surface area (Å²) >= 11 is 0. The van der Waals surface area contributed by atoms with Crippen molar-refractivity contribution in [3.63, 3.8) is 0 Å². The van der Waals surface area contributed by atoms with Crippen molar-refractivity contribution in [2.45, 2.75) is 4.90 Å². The summed E-state index contributed by atoms with van der Waals surface area (Å²) in [6, 6.07) is 7.86. The van der Waals surface area contributed by atoms with Crippen LogP contribution in [0.2, 0.25) is 0 Å². The highest BCUT2D eigenvalue weighted by Gasteiger charge is 2.06. The first-order valence-corrected chi connectivity index (χ1v) is 5.37. The van der Waals surface area contributed by atoms with Gasteiger partial charge in [-0.05, 0) is 12.1 Å². The summed E-state index contributed by atoms with van der Waals surface area (Å²) in [4.78, 5) is 8.48. The second-order valence-electron chi connectivity index (χ2n) is 1.85. The van der Waals surface area contributed by atoms with Gasteiger partial charge < -0.3 is 0 Å². The highest BCUT2D eigenvalue weighted by Crippen LogP contribution is 2.12. The number of rotatable bonds is 1. The van der Waals surface area contributed by atoms with E-state index in [0.29, 0.717) is 0 Å². The fraction of sp³-hybridized carbons (Fsp3) is 0. The van der Waals surface area contributed by atoms with Gasteiger partial charge in [0.1, 0.15) is 0 Å². The quantitative estimate of drug-likeness (QED) is 0.442. The van der Waals surface area contributed by atoms with Crippen LogP contribution in [0.5, 0.6) is 0 Å². The van der Waals surface area contributed by atoms with Crippen molar-refractivity contribution >= 4 is 25.8 Å². The highest BCUT2D eigenvalue weighted by atomic mass is 35.7. The van der Waals surface area contributed by atoms with Crippen LogP contribution in [0.3, 0.4) is 0 Å². The van der Waals surface area contributed by atoms with Crippen molar-refractivity contribution in [3.8, 4) is 0 Å². The third kappa shape index (κ3) is 5.14. The standard InChI is InChI=1S/C6H5ClO2S.CHNO/c7-10(8,9)6-4-2-1-3-5-6;2-1-3/h1-5H;2H. The molecule has 0 spiro atoms. The average molecular weight is 220 g/mol. The Labute approximate surface area is 80.1 Å². The van der Waals surface area contributed by atoms with Crippen LogP contribution in [-0.2, 0) is 13.8 Å². The van der Waals surface area contributed by atoms with Gasteiger partial charge in [0.2, 0.25) is 6.08 Å². The number of nitrogens with one attached hydrogen (secondary N) is 1. The maximum absolute atomic E-state index is 10.6. The monoisotopic (exact) mass is 219 g/mol. The molecule has 4 nitrogen and oxygen atoms in total. The van der Waals surface area contributed by atoms with Gasteiger partial charge in [0.25, 0.3) is 9.05 Å². The van der Waals surface area contributed by atoms with Crippen molar-refractivity contribution in [1.82, 2.24) is 0 Å². The van der Waals surface area contributed by atoms with Gasteiger partial charge in [0.05, 0.1) is 4.90 Å². The molecule has 0 heterocycles. The topological polar surface area (TPSA) is 75.1 Å². The molecule has 13 heavy (non-hydrogen) atoms. The van der Waals surface area contributed by atoms with Crippen LogP contribution < -0.4 is 0 Å². The van der Waals surface area contributed by atoms with Crippen molar-refractivity contribution in [2.24, 2.45) is 0 Å². The van der Waals surface area contributed by atoms with E-state index < -0.39 is 9.05 Å². The number of benzene rings is 1. The fourth-order valence-electron chi connectivity index (χ4n) is 0.583. The largest absolute Gasteiger partial charge is 0.261 e. The lowest BCUT2D eigenvalue weighted by molar-refractivity contribution is 0.562. The van der Waals surface area contributed by atoms with Crippen LogP contribution in [0, 0.1) is 5.41 Å². The minimum atomic E-state index is -3.53. The molecule has 0 atom stereocenters. The van der Waals surface area contributed by atoms with Crippen LogP contribution in [0.4, 0.5) is 0 Å². The van der Waals surface area contributed by atoms with Gasteiger partial charge in [0, 0.05) is 10.7 Å². The molecule has 0 saturated heterocycles. The molecule has 1 N–H and O–H groups in total. The molecule has 0 aromatic heterocycles. The summed E-state index contributed by atoms with van der Waals surface area (Å²) in [7, 11) is 1.50. The molecule has 0 radical (unpaired) electrons. The zero-order valence-electron chi connectivity index (χ0n) is 6.40. The maximum Gasteiger partial charge on any atom is 0.261 e. The summed E-state index contributed by atoms with van der Waals surface area (Å²) in [5.74, 6) is 0. The first-order chi connectivity index (χ1) is 6.02. The van der Waals surface area contributed by atoms with E-state index in [2.05, 4.69) is 0 Å². The Bertz CT molecular complexity index is 381. The highest BCUT2D eigenvalue weighted by molar-refractivity contribution is 8.13. The Morgan fingerprint density at radius 3 is 1.85 bits per heavy atom. The Morgan fingerprint density at radius 2 is 1.62 bits per heavy atom. The minimum absolute atomic E-state index is 0.136. The number of hydrogen-bond donors (Lipinski definition) is 1. The van der Waals surface area contributed by atoms with Crippen molar-refractivity contribution in [3.05, 3.63) is 30.3 Å². The normalized spacial score (nSPS) is 9.31. The SMILES string of the molecule is N=C=O.O=S(=O)(Cl)c1ccccc1. The molecule has 0 fully saturated rings. The number of hydrogen-bond acceptors (Lipinski definition) is 4. The second kappa shape index (κ2) is 5.48. The predicted molar refractivity (Wildman–Crippen MR) is 47.9 cm³/mol. The molecule has 0 aliphatic rings. The van der Waals surface area contributed by atoms with Crippen molar-refractivity contribution in [1.29, 1.82) is 5.41 Å². The first kappa shape index (κ1) is 11.8. The van der Waals surface area contributed by atoms with Crippen LogP contribution >= 0.6 is 10.7 Å². The Morgan fingerprint density at radius 1 is 1.23 bits per heavy atom. The molecule has 0 unspecified atom stereocenters. The van der Waals surface area contributed by atoms with Crippen LogP contribution in [0.15, 0.2) is 35.2 Å². The molecule has 6 heteroatoms. The molecule has 1 aromatic carbocycles. The van der Waals surface area contributed by atoms with E-state index in [1.165, 1.54) is 12.1 Å². The van der Waals surface area contributed by atoms with Crippen molar-refractivity contribution in [2.75, 3.05) is 0 Å². The fourth-order valence-corrected chi connectivity index (χ4v) is 1.37. The third-order valence-electron chi connectivity index (χ3n) is 1.02. The first-order valence-electron chi connectivity index (χ1n) is 3.06. The minimum Gasteiger partial charge on any atom is -0.222 e. The van der Waals surface area contributed by atoms with E-state index in [0.717, 1.165) is 6.08 Å². The van der Waals surface area contributed by atoms with Crippen LogP contribution in [-0.4, -0.2) is 14.5 Å².